The molecule has 0 saturated carbocycles. The Morgan fingerprint density at radius 2 is 1.82 bits per heavy atom. The zero-order chi connectivity index (χ0) is 19.1. The molecule has 0 amide bonds. The van der Waals surface area contributed by atoms with E-state index >= 15 is 0 Å². The first kappa shape index (κ1) is 15.9. The minimum atomic E-state index is -0.109. The highest BCUT2D eigenvalue weighted by Gasteiger charge is 2.14. The molecule has 0 aliphatic carbocycles. The highest BCUT2D eigenvalue weighted by Crippen LogP contribution is 2.33. The molecule has 0 unspecified atom stereocenters. The van der Waals surface area contributed by atoms with Gasteiger partial charge in [0.1, 0.15) is 16.7 Å². The summed E-state index contributed by atoms with van der Waals surface area (Å²) in [5, 5.41) is 20.6. The molecule has 3 heterocycles. The van der Waals surface area contributed by atoms with Crippen LogP contribution in [0.1, 0.15) is 5.56 Å². The molecule has 0 fully saturated rings. The Hall–Kier alpha value is -4.31. The zero-order valence-electron chi connectivity index (χ0n) is 14.5. The van der Waals surface area contributed by atoms with Crippen molar-refractivity contribution in [3.63, 3.8) is 0 Å². The number of nitrogens with one attached hydrogen (secondary N) is 2. The Morgan fingerprint density at radius 1 is 0.929 bits per heavy atom. The molecule has 0 aliphatic heterocycles. The van der Waals surface area contributed by atoms with Crippen LogP contribution >= 0.6 is 0 Å². The van der Waals surface area contributed by atoms with Crippen LogP contribution in [-0.2, 0) is 0 Å². The number of benzene rings is 2. The van der Waals surface area contributed by atoms with Gasteiger partial charge in [0.15, 0.2) is 5.43 Å². The second-order valence-corrected chi connectivity index (χ2v) is 6.34. The van der Waals surface area contributed by atoms with Crippen LogP contribution in [-0.4, -0.2) is 25.4 Å². The van der Waals surface area contributed by atoms with E-state index in [0.29, 0.717) is 22.3 Å². The summed E-state index contributed by atoms with van der Waals surface area (Å²) in [6.45, 7) is 0. The van der Waals surface area contributed by atoms with Gasteiger partial charge >= 0.3 is 0 Å². The van der Waals surface area contributed by atoms with Crippen molar-refractivity contribution in [1.82, 2.24) is 25.4 Å². The van der Waals surface area contributed by atoms with Gasteiger partial charge in [-0.2, -0.15) is 20.7 Å². The van der Waals surface area contributed by atoms with E-state index in [1.807, 2.05) is 36.4 Å². The zero-order valence-corrected chi connectivity index (χ0v) is 14.5. The van der Waals surface area contributed by atoms with Crippen LogP contribution in [0.15, 0.2) is 65.6 Å². The summed E-state index contributed by atoms with van der Waals surface area (Å²) in [5.74, 6) is 0. The highest BCUT2D eigenvalue weighted by atomic mass is 16.1. The predicted octanol–water partition coefficient (Wildman–Crippen LogP) is 3.40. The van der Waals surface area contributed by atoms with E-state index in [2.05, 4.69) is 26.5 Å². The average molecular weight is 364 g/mol. The molecule has 3 aromatic heterocycles. The lowest BCUT2D eigenvalue weighted by atomic mass is 9.97. The number of pyridine rings is 2. The second kappa shape index (κ2) is 6.14. The summed E-state index contributed by atoms with van der Waals surface area (Å²) in [6, 6.07) is 18.4. The van der Waals surface area contributed by atoms with Gasteiger partial charge in [-0.1, -0.05) is 18.2 Å². The molecule has 0 bridgehead atoms. The van der Waals surface area contributed by atoms with Gasteiger partial charge in [0.25, 0.3) is 0 Å². The van der Waals surface area contributed by atoms with Crippen molar-refractivity contribution >= 4 is 22.1 Å². The predicted molar refractivity (Wildman–Crippen MR) is 105 cm³/mol. The average Bonchev–Trinajstić information content (AvgIpc) is 3.21. The maximum Gasteiger partial charge on any atom is 0.191 e. The topological polar surface area (TPSA) is 111 Å². The van der Waals surface area contributed by atoms with Crippen LogP contribution in [0.5, 0.6) is 0 Å². The van der Waals surface area contributed by atoms with Crippen molar-refractivity contribution in [2.75, 3.05) is 0 Å². The maximum atomic E-state index is 12.4. The largest absolute Gasteiger partial charge is 0.346 e. The maximum absolute atomic E-state index is 12.4. The monoisotopic (exact) mass is 364 g/mol. The number of aromatic nitrogens is 5. The van der Waals surface area contributed by atoms with Gasteiger partial charge in [0, 0.05) is 23.4 Å². The molecular formula is C21H12N6O. The molecule has 2 N–H and O–H groups in total. The van der Waals surface area contributed by atoms with E-state index < -0.39 is 0 Å². The lowest BCUT2D eigenvalue weighted by molar-refractivity contribution is 0.959. The highest BCUT2D eigenvalue weighted by molar-refractivity contribution is 5.92. The van der Waals surface area contributed by atoms with E-state index in [1.165, 1.54) is 6.07 Å². The van der Waals surface area contributed by atoms with E-state index in [1.54, 1.807) is 18.3 Å². The number of H-pyrrole nitrogens is 2. The first-order valence-corrected chi connectivity index (χ1v) is 8.57. The summed E-state index contributed by atoms with van der Waals surface area (Å²) >= 11 is 0. The molecule has 28 heavy (non-hydrogen) atoms. The molecule has 0 atom stereocenters. The van der Waals surface area contributed by atoms with Crippen molar-refractivity contribution in [2.45, 2.75) is 0 Å². The van der Waals surface area contributed by atoms with Crippen LogP contribution in [0.2, 0.25) is 0 Å². The van der Waals surface area contributed by atoms with Crippen LogP contribution in [0.3, 0.4) is 0 Å². The smallest absolute Gasteiger partial charge is 0.191 e. The fourth-order valence-corrected chi connectivity index (χ4v) is 3.28. The Labute approximate surface area is 158 Å². The Kier molecular flexibility index (Phi) is 3.49. The standard InChI is InChI=1S/C21H12N6O/c22-11-12-2-1-3-14(8-12)20-15(10-16-19(28)6-7-23-21(16)24-20)13-4-5-17-18(9-13)26-27-25-17/h1-10H,(H,23,24,28)(H,25,26,27). The van der Waals surface area contributed by atoms with Gasteiger partial charge in [-0.3, -0.25) is 4.79 Å². The van der Waals surface area contributed by atoms with Gasteiger partial charge in [0.05, 0.1) is 22.7 Å². The minimum absolute atomic E-state index is 0.109. The fraction of sp³-hybridized carbons (Fsp3) is 0. The summed E-state index contributed by atoms with van der Waals surface area (Å²) in [5.41, 5.74) is 5.51. The summed E-state index contributed by atoms with van der Waals surface area (Å²) in [4.78, 5) is 20.1. The number of rotatable bonds is 2. The number of nitrogens with zero attached hydrogens (tertiary/aromatic N) is 4. The van der Waals surface area contributed by atoms with Crippen molar-refractivity contribution in [1.29, 1.82) is 5.26 Å². The van der Waals surface area contributed by atoms with E-state index in [4.69, 9.17) is 4.98 Å². The molecule has 2 aromatic carbocycles. The SMILES string of the molecule is N#Cc1cccc(-c2nc3[nH]ccc(=O)c3cc2-c2ccc3n[nH]nc3c2)c1. The Balaban J connectivity index is 1.85. The number of aromatic amines is 2. The van der Waals surface area contributed by atoms with Crippen molar-refractivity contribution in [3.05, 3.63) is 76.6 Å². The quantitative estimate of drug-likeness (QED) is 0.499. The number of hydrogen-bond donors (Lipinski definition) is 2. The van der Waals surface area contributed by atoms with Crippen LogP contribution < -0.4 is 5.43 Å². The van der Waals surface area contributed by atoms with Crippen molar-refractivity contribution < 1.29 is 0 Å². The first-order chi connectivity index (χ1) is 13.7. The number of nitriles is 1. The first-order valence-electron chi connectivity index (χ1n) is 8.57. The molecule has 132 valence electrons. The van der Waals surface area contributed by atoms with Crippen LogP contribution in [0.25, 0.3) is 44.5 Å². The lowest BCUT2D eigenvalue weighted by Crippen LogP contribution is -2.03. The summed E-state index contributed by atoms with van der Waals surface area (Å²) < 4.78 is 0. The lowest BCUT2D eigenvalue weighted by Gasteiger charge is -2.11. The molecular weight excluding hydrogens is 352 g/mol. The number of hydrogen-bond acceptors (Lipinski definition) is 5. The fourth-order valence-electron chi connectivity index (χ4n) is 3.28. The molecule has 5 rings (SSSR count). The van der Waals surface area contributed by atoms with E-state index in [9.17, 15) is 10.1 Å². The molecule has 0 aliphatic rings. The van der Waals surface area contributed by atoms with Gasteiger partial charge in [-0.05, 0) is 35.9 Å². The molecule has 7 nitrogen and oxygen atoms in total. The van der Waals surface area contributed by atoms with Gasteiger partial charge in [-0.15, -0.1) is 0 Å². The molecule has 0 spiro atoms. The minimum Gasteiger partial charge on any atom is -0.346 e. The van der Waals surface area contributed by atoms with E-state index in [-0.39, 0.29) is 5.43 Å². The second-order valence-electron chi connectivity index (χ2n) is 6.34. The summed E-state index contributed by atoms with van der Waals surface area (Å²) in [6.07, 6.45) is 1.58. The third kappa shape index (κ3) is 2.52. The number of fused-ring (bicyclic) bond motifs is 2. The van der Waals surface area contributed by atoms with Crippen LogP contribution in [0, 0.1) is 11.3 Å². The van der Waals surface area contributed by atoms with Gasteiger partial charge in [0.2, 0.25) is 0 Å². The Bertz CT molecular complexity index is 1460. The van der Waals surface area contributed by atoms with Crippen LogP contribution in [0.4, 0.5) is 0 Å². The van der Waals surface area contributed by atoms with Crippen molar-refractivity contribution in [2.24, 2.45) is 0 Å². The van der Waals surface area contributed by atoms with Crippen molar-refractivity contribution in [3.8, 4) is 28.5 Å². The normalized spacial score (nSPS) is 11.0. The van der Waals surface area contributed by atoms with E-state index in [0.717, 1.165) is 27.7 Å². The molecule has 5 aromatic rings. The third-order valence-corrected chi connectivity index (χ3v) is 4.64. The summed E-state index contributed by atoms with van der Waals surface area (Å²) in [7, 11) is 0. The van der Waals surface area contributed by atoms with Gasteiger partial charge in [-0.25, -0.2) is 4.98 Å². The molecule has 0 saturated heterocycles. The third-order valence-electron chi connectivity index (χ3n) is 4.64. The molecule has 0 radical (unpaired) electrons. The molecule has 7 heteroatoms. The Morgan fingerprint density at radius 3 is 2.71 bits per heavy atom. The van der Waals surface area contributed by atoms with Gasteiger partial charge < -0.3 is 4.98 Å².